The molecule has 1 aromatic carbocycles. The highest BCUT2D eigenvalue weighted by Crippen LogP contribution is 2.30. The molecule has 5 heteroatoms. The lowest BCUT2D eigenvalue weighted by Crippen LogP contribution is -2.55. The van der Waals surface area contributed by atoms with Crippen molar-refractivity contribution in [2.75, 3.05) is 44.2 Å². The summed E-state index contributed by atoms with van der Waals surface area (Å²) < 4.78 is 13.3. The SMILES string of the molecule is Cc1cc(F)ccc1N1CCC(N2CCN(C(=O)C3CCC3)CC2)CC1. The van der Waals surface area contributed by atoms with Gasteiger partial charge in [-0.2, -0.15) is 0 Å². The van der Waals surface area contributed by atoms with Gasteiger partial charge in [0.2, 0.25) is 5.91 Å². The largest absolute Gasteiger partial charge is 0.371 e. The van der Waals surface area contributed by atoms with Crippen molar-refractivity contribution in [1.29, 1.82) is 0 Å². The summed E-state index contributed by atoms with van der Waals surface area (Å²) in [5.74, 6) is 0.566. The van der Waals surface area contributed by atoms with Crippen molar-refractivity contribution in [3.63, 3.8) is 0 Å². The third-order valence-corrected chi connectivity index (χ3v) is 6.56. The minimum atomic E-state index is -0.157. The molecule has 142 valence electrons. The van der Waals surface area contributed by atoms with E-state index in [0.717, 1.165) is 70.5 Å². The van der Waals surface area contributed by atoms with Gasteiger partial charge in [-0.15, -0.1) is 0 Å². The zero-order valence-electron chi connectivity index (χ0n) is 15.8. The number of halogens is 1. The normalized spacial score (nSPS) is 23.2. The number of aryl methyl sites for hydroxylation is 1. The van der Waals surface area contributed by atoms with Crippen LogP contribution in [0.5, 0.6) is 0 Å². The number of amides is 1. The molecule has 2 saturated heterocycles. The van der Waals surface area contributed by atoms with E-state index in [9.17, 15) is 9.18 Å². The van der Waals surface area contributed by atoms with E-state index in [0.29, 0.717) is 17.9 Å². The van der Waals surface area contributed by atoms with Crippen LogP contribution in [0, 0.1) is 18.7 Å². The smallest absolute Gasteiger partial charge is 0.225 e. The molecule has 26 heavy (non-hydrogen) atoms. The Hall–Kier alpha value is -1.62. The Morgan fingerprint density at radius 3 is 2.27 bits per heavy atom. The first kappa shape index (κ1) is 17.8. The highest BCUT2D eigenvalue weighted by atomic mass is 19.1. The maximum Gasteiger partial charge on any atom is 0.225 e. The van der Waals surface area contributed by atoms with Gasteiger partial charge in [0.15, 0.2) is 0 Å². The Kier molecular flexibility index (Phi) is 5.16. The minimum Gasteiger partial charge on any atom is -0.371 e. The van der Waals surface area contributed by atoms with Crippen LogP contribution < -0.4 is 4.90 Å². The van der Waals surface area contributed by atoms with Crippen LogP contribution in [-0.2, 0) is 4.79 Å². The van der Waals surface area contributed by atoms with Crippen molar-refractivity contribution >= 4 is 11.6 Å². The molecule has 0 unspecified atom stereocenters. The van der Waals surface area contributed by atoms with Gasteiger partial charge in [0, 0.05) is 56.9 Å². The van der Waals surface area contributed by atoms with Crippen molar-refractivity contribution in [2.45, 2.75) is 45.1 Å². The molecule has 2 heterocycles. The summed E-state index contributed by atoms with van der Waals surface area (Å²) in [6.45, 7) is 7.86. The monoisotopic (exact) mass is 359 g/mol. The maximum absolute atomic E-state index is 13.3. The molecule has 4 nitrogen and oxygen atoms in total. The third-order valence-electron chi connectivity index (χ3n) is 6.56. The Bertz CT molecular complexity index is 645. The first-order chi connectivity index (χ1) is 12.6. The average Bonchev–Trinajstić information content (AvgIpc) is 2.61. The summed E-state index contributed by atoms with van der Waals surface area (Å²) >= 11 is 0. The molecule has 0 bridgehead atoms. The fourth-order valence-electron chi connectivity index (χ4n) is 4.67. The van der Waals surface area contributed by atoms with E-state index < -0.39 is 0 Å². The predicted molar refractivity (Wildman–Crippen MR) is 102 cm³/mol. The zero-order valence-corrected chi connectivity index (χ0v) is 15.8. The van der Waals surface area contributed by atoms with Crippen LogP contribution in [-0.4, -0.2) is 61.0 Å². The van der Waals surface area contributed by atoms with E-state index in [4.69, 9.17) is 0 Å². The summed E-state index contributed by atoms with van der Waals surface area (Å²) in [6, 6.07) is 5.72. The Morgan fingerprint density at radius 1 is 1.00 bits per heavy atom. The topological polar surface area (TPSA) is 26.8 Å². The number of carbonyl (C=O) groups excluding carboxylic acids is 1. The van der Waals surface area contributed by atoms with Gasteiger partial charge < -0.3 is 9.80 Å². The van der Waals surface area contributed by atoms with Crippen molar-refractivity contribution in [1.82, 2.24) is 9.80 Å². The Balaban J connectivity index is 1.27. The second-order valence-electron chi connectivity index (χ2n) is 8.14. The number of benzene rings is 1. The van der Waals surface area contributed by atoms with Gasteiger partial charge in [-0.3, -0.25) is 9.69 Å². The minimum absolute atomic E-state index is 0.157. The number of rotatable bonds is 3. The number of piperidine rings is 1. The van der Waals surface area contributed by atoms with Gasteiger partial charge >= 0.3 is 0 Å². The van der Waals surface area contributed by atoms with Gasteiger partial charge in [0.25, 0.3) is 0 Å². The first-order valence-corrected chi connectivity index (χ1v) is 10.2. The lowest BCUT2D eigenvalue weighted by molar-refractivity contribution is -0.140. The van der Waals surface area contributed by atoms with Gasteiger partial charge in [-0.1, -0.05) is 6.42 Å². The molecule has 1 aromatic rings. The maximum atomic E-state index is 13.3. The van der Waals surface area contributed by atoms with E-state index >= 15 is 0 Å². The molecular weight excluding hydrogens is 329 g/mol. The molecular formula is C21H30FN3O. The quantitative estimate of drug-likeness (QED) is 0.830. The van der Waals surface area contributed by atoms with Crippen molar-refractivity contribution < 1.29 is 9.18 Å². The summed E-state index contributed by atoms with van der Waals surface area (Å²) in [4.78, 5) is 19.5. The second-order valence-corrected chi connectivity index (χ2v) is 8.14. The summed E-state index contributed by atoms with van der Waals surface area (Å²) in [6.07, 6.45) is 5.71. The molecule has 3 aliphatic rings. The van der Waals surface area contributed by atoms with Gasteiger partial charge in [0.05, 0.1) is 0 Å². The molecule has 1 saturated carbocycles. The molecule has 1 amide bonds. The fourth-order valence-corrected chi connectivity index (χ4v) is 4.67. The summed E-state index contributed by atoms with van der Waals surface area (Å²) in [7, 11) is 0. The van der Waals surface area contributed by atoms with Gasteiger partial charge in [0.1, 0.15) is 5.82 Å². The number of anilines is 1. The van der Waals surface area contributed by atoms with E-state index in [1.807, 2.05) is 13.0 Å². The van der Waals surface area contributed by atoms with E-state index in [1.54, 1.807) is 12.1 Å². The number of piperazine rings is 1. The number of hydrogen-bond acceptors (Lipinski definition) is 3. The van der Waals surface area contributed by atoms with Crippen molar-refractivity contribution in [2.24, 2.45) is 5.92 Å². The molecule has 0 N–H and O–H groups in total. The summed E-state index contributed by atoms with van der Waals surface area (Å²) in [5, 5.41) is 0. The predicted octanol–water partition coefficient (Wildman–Crippen LogP) is 3.05. The average molecular weight is 359 g/mol. The molecule has 1 aliphatic carbocycles. The van der Waals surface area contributed by atoms with Crippen LogP contribution in [0.25, 0.3) is 0 Å². The van der Waals surface area contributed by atoms with Gasteiger partial charge in [-0.25, -0.2) is 4.39 Å². The fraction of sp³-hybridized carbons (Fsp3) is 0.667. The van der Waals surface area contributed by atoms with Crippen LogP contribution in [0.1, 0.15) is 37.7 Å². The van der Waals surface area contributed by atoms with E-state index in [1.165, 1.54) is 12.1 Å². The molecule has 0 aromatic heterocycles. The molecule has 2 aliphatic heterocycles. The molecule has 0 atom stereocenters. The van der Waals surface area contributed by atoms with Crippen LogP contribution in [0.3, 0.4) is 0 Å². The number of hydrogen-bond donors (Lipinski definition) is 0. The highest BCUT2D eigenvalue weighted by Gasteiger charge is 2.33. The van der Waals surface area contributed by atoms with Crippen molar-refractivity contribution in [3.8, 4) is 0 Å². The highest BCUT2D eigenvalue weighted by molar-refractivity contribution is 5.79. The number of carbonyl (C=O) groups is 1. The number of nitrogens with zero attached hydrogens (tertiary/aromatic N) is 3. The van der Waals surface area contributed by atoms with Crippen LogP contribution in [0.15, 0.2) is 18.2 Å². The second kappa shape index (κ2) is 7.55. The van der Waals surface area contributed by atoms with Crippen LogP contribution in [0.2, 0.25) is 0 Å². The van der Waals surface area contributed by atoms with Crippen molar-refractivity contribution in [3.05, 3.63) is 29.6 Å². The molecule has 0 radical (unpaired) electrons. The molecule has 0 spiro atoms. The van der Waals surface area contributed by atoms with E-state index in [2.05, 4.69) is 14.7 Å². The Labute approximate surface area is 155 Å². The molecule has 4 rings (SSSR count). The third kappa shape index (κ3) is 3.59. The van der Waals surface area contributed by atoms with Gasteiger partial charge in [-0.05, 0) is 56.4 Å². The first-order valence-electron chi connectivity index (χ1n) is 10.2. The standard InChI is InChI=1S/C21H30FN3O/c1-16-15-18(22)5-6-20(16)24-9-7-19(8-10-24)23-11-13-25(14-12-23)21(26)17-3-2-4-17/h5-6,15,17,19H,2-4,7-14H2,1H3. The lowest BCUT2D eigenvalue weighted by atomic mass is 9.84. The Morgan fingerprint density at radius 2 is 1.69 bits per heavy atom. The van der Waals surface area contributed by atoms with E-state index in [-0.39, 0.29) is 5.82 Å². The van der Waals surface area contributed by atoms with Crippen LogP contribution >= 0.6 is 0 Å². The summed E-state index contributed by atoms with van der Waals surface area (Å²) in [5.41, 5.74) is 2.19. The zero-order chi connectivity index (χ0) is 18.1. The molecule has 3 fully saturated rings. The lowest BCUT2D eigenvalue weighted by Gasteiger charge is -2.44. The van der Waals surface area contributed by atoms with Crippen LogP contribution in [0.4, 0.5) is 10.1 Å².